The molecule has 0 fully saturated rings. The maximum absolute atomic E-state index is 11.9. The van der Waals surface area contributed by atoms with Crippen molar-refractivity contribution in [3.05, 3.63) is 36.4 Å². The Morgan fingerprint density at radius 2 is 2.00 bits per heavy atom. The van der Waals surface area contributed by atoms with Crippen LogP contribution in [0, 0.1) is 0 Å². The number of rotatable bonds is 4. The number of nitrogens with zero attached hydrogens (tertiary/aromatic N) is 1. The molecular weight excluding hydrogens is 248 g/mol. The van der Waals surface area contributed by atoms with E-state index in [1.54, 1.807) is 0 Å². The van der Waals surface area contributed by atoms with Gasteiger partial charge in [0.25, 0.3) is 0 Å². The van der Waals surface area contributed by atoms with Crippen LogP contribution in [0.5, 0.6) is 5.75 Å². The van der Waals surface area contributed by atoms with Gasteiger partial charge in [0.1, 0.15) is 5.75 Å². The Morgan fingerprint density at radius 1 is 1.33 bits per heavy atom. The lowest BCUT2D eigenvalue weighted by molar-refractivity contribution is -0.0498. The van der Waals surface area contributed by atoms with Gasteiger partial charge in [0.05, 0.1) is 0 Å². The molecule has 5 nitrogen and oxygen atoms in total. The number of oxazole rings is 1. The van der Waals surface area contributed by atoms with Gasteiger partial charge in [-0.05, 0) is 24.3 Å². The molecule has 1 heterocycles. The SMILES string of the molecule is O=C(O)c1ncoc1-c1ccc(OC(F)F)cc1. The first-order valence-corrected chi connectivity index (χ1v) is 4.80. The van der Waals surface area contributed by atoms with Gasteiger partial charge in [-0.2, -0.15) is 8.78 Å². The second-order valence-electron chi connectivity index (χ2n) is 3.24. The molecule has 0 saturated heterocycles. The molecule has 94 valence electrons. The summed E-state index contributed by atoms with van der Waals surface area (Å²) in [5.74, 6) is -1.19. The van der Waals surface area contributed by atoms with E-state index >= 15 is 0 Å². The van der Waals surface area contributed by atoms with Crippen molar-refractivity contribution in [1.82, 2.24) is 4.98 Å². The first kappa shape index (κ1) is 12.0. The van der Waals surface area contributed by atoms with E-state index in [0.717, 1.165) is 6.39 Å². The molecule has 0 amide bonds. The average Bonchev–Trinajstić information content (AvgIpc) is 2.78. The Morgan fingerprint density at radius 3 is 2.56 bits per heavy atom. The molecule has 18 heavy (non-hydrogen) atoms. The number of carbonyl (C=O) groups is 1. The second kappa shape index (κ2) is 4.82. The number of aromatic nitrogens is 1. The van der Waals surface area contributed by atoms with E-state index in [9.17, 15) is 13.6 Å². The minimum Gasteiger partial charge on any atom is -0.476 e. The van der Waals surface area contributed by atoms with Crippen LogP contribution in [0.1, 0.15) is 10.5 Å². The molecule has 0 spiro atoms. The molecule has 2 rings (SSSR count). The first-order chi connectivity index (χ1) is 8.58. The van der Waals surface area contributed by atoms with Crippen LogP contribution in [0.3, 0.4) is 0 Å². The molecule has 0 bridgehead atoms. The molecule has 2 aromatic rings. The lowest BCUT2D eigenvalue weighted by Gasteiger charge is -2.04. The van der Waals surface area contributed by atoms with Crippen LogP contribution in [0.25, 0.3) is 11.3 Å². The molecule has 1 aromatic carbocycles. The summed E-state index contributed by atoms with van der Waals surface area (Å²) in [6.07, 6.45) is 1.00. The predicted octanol–water partition coefficient (Wildman–Crippen LogP) is 2.64. The van der Waals surface area contributed by atoms with Gasteiger partial charge >= 0.3 is 12.6 Å². The summed E-state index contributed by atoms with van der Waals surface area (Å²) in [4.78, 5) is 14.4. The minimum absolute atomic E-state index is 0.0230. The monoisotopic (exact) mass is 255 g/mol. The van der Waals surface area contributed by atoms with E-state index in [2.05, 4.69) is 9.72 Å². The standard InChI is InChI=1S/C11H7F2NO4/c12-11(13)18-7-3-1-6(2-4-7)9-8(10(15)16)14-5-17-9/h1-5,11H,(H,15,16). The number of benzene rings is 1. The van der Waals surface area contributed by atoms with Crippen LogP contribution in [-0.4, -0.2) is 22.7 Å². The quantitative estimate of drug-likeness (QED) is 0.909. The van der Waals surface area contributed by atoms with Crippen LogP contribution in [0.15, 0.2) is 35.1 Å². The van der Waals surface area contributed by atoms with Gasteiger partial charge in [-0.3, -0.25) is 0 Å². The number of carboxylic acids is 1. The number of aromatic carboxylic acids is 1. The molecule has 0 atom stereocenters. The summed E-state index contributed by atoms with van der Waals surface area (Å²) in [7, 11) is 0. The zero-order chi connectivity index (χ0) is 13.1. The van der Waals surface area contributed by atoms with E-state index in [1.807, 2.05) is 0 Å². The minimum atomic E-state index is -2.91. The molecule has 0 aliphatic carbocycles. The van der Waals surface area contributed by atoms with E-state index < -0.39 is 12.6 Å². The second-order valence-corrected chi connectivity index (χ2v) is 3.24. The number of halogens is 2. The van der Waals surface area contributed by atoms with Gasteiger partial charge in [0.15, 0.2) is 17.8 Å². The van der Waals surface area contributed by atoms with Crippen LogP contribution >= 0.6 is 0 Å². The highest BCUT2D eigenvalue weighted by atomic mass is 19.3. The van der Waals surface area contributed by atoms with Crippen LogP contribution in [0.4, 0.5) is 8.78 Å². The van der Waals surface area contributed by atoms with Gasteiger partial charge in [-0.15, -0.1) is 0 Å². The highest BCUT2D eigenvalue weighted by molar-refractivity contribution is 5.92. The summed E-state index contributed by atoms with van der Waals surface area (Å²) in [6, 6.07) is 5.39. The van der Waals surface area contributed by atoms with Crippen molar-refractivity contribution in [2.24, 2.45) is 0 Å². The van der Waals surface area contributed by atoms with Crippen molar-refractivity contribution in [1.29, 1.82) is 0 Å². The van der Waals surface area contributed by atoms with E-state index in [1.165, 1.54) is 24.3 Å². The smallest absolute Gasteiger partial charge is 0.387 e. The number of alkyl halides is 2. The van der Waals surface area contributed by atoms with Crippen molar-refractivity contribution < 1.29 is 27.8 Å². The molecule has 1 N–H and O–H groups in total. The number of hydrogen-bond acceptors (Lipinski definition) is 4. The fraction of sp³-hybridized carbons (Fsp3) is 0.0909. The van der Waals surface area contributed by atoms with Crippen molar-refractivity contribution in [3.8, 4) is 17.1 Å². The molecule has 7 heteroatoms. The summed E-state index contributed by atoms with van der Waals surface area (Å²) in [6.45, 7) is -2.91. The first-order valence-electron chi connectivity index (χ1n) is 4.80. The normalized spacial score (nSPS) is 10.6. The zero-order valence-corrected chi connectivity index (χ0v) is 8.84. The maximum atomic E-state index is 11.9. The molecule has 0 saturated carbocycles. The maximum Gasteiger partial charge on any atom is 0.387 e. The fourth-order valence-electron chi connectivity index (χ4n) is 1.39. The fourth-order valence-corrected chi connectivity index (χ4v) is 1.39. The summed E-state index contributed by atoms with van der Waals surface area (Å²) in [5, 5.41) is 8.84. The van der Waals surface area contributed by atoms with Crippen LogP contribution in [-0.2, 0) is 0 Å². The van der Waals surface area contributed by atoms with E-state index in [4.69, 9.17) is 9.52 Å². The van der Waals surface area contributed by atoms with Crippen molar-refractivity contribution in [3.63, 3.8) is 0 Å². The third-order valence-corrected chi connectivity index (χ3v) is 2.11. The molecule has 0 aliphatic heterocycles. The average molecular weight is 255 g/mol. The molecule has 0 unspecified atom stereocenters. The molecule has 0 radical (unpaired) electrons. The number of ether oxygens (including phenoxy) is 1. The Labute approximate surface area is 99.6 Å². The Balaban J connectivity index is 2.29. The van der Waals surface area contributed by atoms with E-state index in [0.29, 0.717) is 5.56 Å². The van der Waals surface area contributed by atoms with Gasteiger partial charge in [0, 0.05) is 5.56 Å². The molecule has 0 aliphatic rings. The van der Waals surface area contributed by atoms with Gasteiger partial charge in [0.2, 0.25) is 0 Å². The summed E-state index contributed by atoms with van der Waals surface area (Å²) >= 11 is 0. The highest BCUT2D eigenvalue weighted by Crippen LogP contribution is 2.25. The number of hydrogen-bond donors (Lipinski definition) is 1. The summed E-state index contributed by atoms with van der Waals surface area (Å²) < 4.78 is 33.0. The van der Waals surface area contributed by atoms with Crippen LogP contribution in [0.2, 0.25) is 0 Å². The highest BCUT2D eigenvalue weighted by Gasteiger charge is 2.17. The zero-order valence-electron chi connectivity index (χ0n) is 8.84. The van der Waals surface area contributed by atoms with Crippen molar-refractivity contribution >= 4 is 5.97 Å². The lowest BCUT2D eigenvalue weighted by atomic mass is 10.1. The van der Waals surface area contributed by atoms with Crippen molar-refractivity contribution in [2.75, 3.05) is 0 Å². The lowest BCUT2D eigenvalue weighted by Crippen LogP contribution is -2.01. The predicted molar refractivity (Wildman–Crippen MR) is 55.5 cm³/mol. The Kier molecular flexibility index (Phi) is 3.22. The van der Waals surface area contributed by atoms with Gasteiger partial charge in [-0.1, -0.05) is 0 Å². The molecular formula is C11H7F2NO4. The van der Waals surface area contributed by atoms with E-state index in [-0.39, 0.29) is 17.2 Å². The Bertz CT molecular complexity index is 550. The van der Waals surface area contributed by atoms with Crippen molar-refractivity contribution in [2.45, 2.75) is 6.61 Å². The topological polar surface area (TPSA) is 72.6 Å². The Hall–Kier alpha value is -2.44. The largest absolute Gasteiger partial charge is 0.476 e. The van der Waals surface area contributed by atoms with Gasteiger partial charge < -0.3 is 14.3 Å². The summed E-state index contributed by atoms with van der Waals surface area (Å²) in [5.41, 5.74) is 0.170. The van der Waals surface area contributed by atoms with Gasteiger partial charge in [-0.25, -0.2) is 9.78 Å². The third-order valence-electron chi connectivity index (χ3n) is 2.11. The number of carboxylic acid groups (broad SMARTS) is 1. The van der Waals surface area contributed by atoms with Crippen LogP contribution < -0.4 is 4.74 Å². The molecule has 1 aromatic heterocycles. The third kappa shape index (κ3) is 2.45.